The molecule has 1 aliphatic carbocycles. The lowest BCUT2D eigenvalue weighted by Gasteiger charge is -2.17. The van der Waals surface area contributed by atoms with Gasteiger partial charge in [0.15, 0.2) is 5.78 Å². The van der Waals surface area contributed by atoms with Gasteiger partial charge in [-0.2, -0.15) is 0 Å². The number of phenolic OH excluding ortho intramolecular Hbond substituents is 1. The van der Waals surface area contributed by atoms with Crippen molar-refractivity contribution >= 4 is 11.9 Å². The van der Waals surface area contributed by atoms with Gasteiger partial charge in [-0.15, -0.1) is 0 Å². The number of carbonyl (C=O) groups excluding carboxylic acids is 1. The smallest absolute Gasteiger partial charge is 0.189 e. The summed E-state index contributed by atoms with van der Waals surface area (Å²) < 4.78 is 12.9. The van der Waals surface area contributed by atoms with E-state index < -0.39 is 0 Å². The highest BCUT2D eigenvalue weighted by molar-refractivity contribution is 6.13. The van der Waals surface area contributed by atoms with E-state index in [0.717, 1.165) is 23.1 Å². The van der Waals surface area contributed by atoms with Crippen molar-refractivity contribution in [3.63, 3.8) is 0 Å². The van der Waals surface area contributed by atoms with Crippen LogP contribution in [0.4, 0.5) is 4.39 Å². The Kier molecular flexibility index (Phi) is 3.11. The van der Waals surface area contributed by atoms with E-state index in [2.05, 4.69) is 0 Å². The van der Waals surface area contributed by atoms with Crippen LogP contribution in [0, 0.1) is 5.82 Å². The topological polar surface area (TPSA) is 37.3 Å². The molecule has 100 valence electrons. The minimum atomic E-state index is -0.289. The highest BCUT2D eigenvalue weighted by atomic mass is 19.1. The first kappa shape index (κ1) is 12.6. The Hall–Kier alpha value is -2.42. The predicted molar refractivity (Wildman–Crippen MR) is 75.1 cm³/mol. The van der Waals surface area contributed by atoms with Gasteiger partial charge < -0.3 is 5.11 Å². The van der Waals surface area contributed by atoms with E-state index in [0.29, 0.717) is 12.0 Å². The molecule has 3 rings (SSSR count). The number of hydrogen-bond donors (Lipinski definition) is 1. The summed E-state index contributed by atoms with van der Waals surface area (Å²) in [5, 5.41) is 9.44. The molecular weight excluding hydrogens is 255 g/mol. The van der Waals surface area contributed by atoms with E-state index in [1.54, 1.807) is 30.3 Å². The molecule has 0 aromatic heterocycles. The van der Waals surface area contributed by atoms with E-state index >= 15 is 0 Å². The second kappa shape index (κ2) is 4.93. The molecule has 0 fully saturated rings. The first-order valence-corrected chi connectivity index (χ1v) is 6.46. The fourth-order valence-electron chi connectivity index (χ4n) is 2.46. The van der Waals surface area contributed by atoms with Gasteiger partial charge in [-0.1, -0.05) is 12.1 Å². The molecule has 0 heterocycles. The summed E-state index contributed by atoms with van der Waals surface area (Å²) >= 11 is 0. The Morgan fingerprint density at radius 3 is 2.55 bits per heavy atom. The molecule has 2 aromatic carbocycles. The van der Waals surface area contributed by atoms with E-state index in [9.17, 15) is 14.3 Å². The van der Waals surface area contributed by atoms with Crippen LogP contribution >= 0.6 is 0 Å². The van der Waals surface area contributed by atoms with Crippen molar-refractivity contribution in [2.75, 3.05) is 0 Å². The maximum atomic E-state index is 12.9. The van der Waals surface area contributed by atoms with Gasteiger partial charge in [-0.25, -0.2) is 4.39 Å². The van der Waals surface area contributed by atoms with Crippen LogP contribution in [0.3, 0.4) is 0 Å². The van der Waals surface area contributed by atoms with Crippen LogP contribution in [-0.4, -0.2) is 10.9 Å². The van der Waals surface area contributed by atoms with Gasteiger partial charge >= 0.3 is 0 Å². The van der Waals surface area contributed by atoms with Crippen molar-refractivity contribution in [1.82, 2.24) is 0 Å². The standard InChI is InChI=1S/C17H13FO2/c18-14-5-1-11(2-6-14)9-13-4-3-12-10-15(19)7-8-16(12)17(13)20/h1-2,5-10,19H,3-4H2/b13-9-. The molecule has 2 nitrogen and oxygen atoms in total. The SMILES string of the molecule is O=C1/C(=C\c2ccc(F)cc2)CCc2cc(O)ccc21. The van der Waals surface area contributed by atoms with Crippen molar-refractivity contribution in [3.8, 4) is 5.75 Å². The molecule has 2 aromatic rings. The van der Waals surface area contributed by atoms with Crippen molar-refractivity contribution in [1.29, 1.82) is 0 Å². The molecule has 0 bridgehead atoms. The number of Topliss-reactive ketones (excluding diaryl/α,β-unsaturated/α-hetero) is 1. The fourth-order valence-corrected chi connectivity index (χ4v) is 2.46. The lowest BCUT2D eigenvalue weighted by atomic mass is 9.86. The molecule has 0 atom stereocenters. The summed E-state index contributed by atoms with van der Waals surface area (Å²) in [6, 6.07) is 10.9. The monoisotopic (exact) mass is 268 g/mol. The molecule has 0 amide bonds. The lowest BCUT2D eigenvalue weighted by Crippen LogP contribution is -2.13. The number of rotatable bonds is 1. The summed E-state index contributed by atoms with van der Waals surface area (Å²) in [5.74, 6) is -0.124. The summed E-state index contributed by atoms with van der Waals surface area (Å²) in [5.41, 5.74) is 3.06. The van der Waals surface area contributed by atoms with Crippen LogP contribution in [-0.2, 0) is 6.42 Å². The van der Waals surface area contributed by atoms with E-state index in [-0.39, 0.29) is 17.3 Å². The maximum Gasteiger partial charge on any atom is 0.189 e. The van der Waals surface area contributed by atoms with Crippen LogP contribution in [0.15, 0.2) is 48.0 Å². The van der Waals surface area contributed by atoms with Gasteiger partial charge in [-0.05, 0) is 60.4 Å². The van der Waals surface area contributed by atoms with E-state index in [4.69, 9.17) is 0 Å². The summed E-state index contributed by atoms with van der Waals surface area (Å²) in [6.07, 6.45) is 3.16. The first-order valence-electron chi connectivity index (χ1n) is 6.46. The van der Waals surface area contributed by atoms with Crippen molar-refractivity contribution in [2.45, 2.75) is 12.8 Å². The molecule has 0 aliphatic heterocycles. The number of fused-ring (bicyclic) bond motifs is 1. The minimum absolute atomic E-state index is 0.0180. The Morgan fingerprint density at radius 1 is 1.05 bits per heavy atom. The Balaban J connectivity index is 1.95. The van der Waals surface area contributed by atoms with Crippen LogP contribution in [0.2, 0.25) is 0 Å². The number of allylic oxidation sites excluding steroid dienone is 1. The normalized spacial score (nSPS) is 16.2. The molecule has 0 spiro atoms. The third-order valence-corrected chi connectivity index (χ3v) is 3.50. The molecular formula is C17H13FO2. The molecule has 1 N–H and O–H groups in total. The van der Waals surface area contributed by atoms with Gasteiger partial charge in [0.2, 0.25) is 0 Å². The fraction of sp³-hybridized carbons (Fsp3) is 0.118. The zero-order chi connectivity index (χ0) is 14.1. The van der Waals surface area contributed by atoms with Gasteiger partial charge in [-0.3, -0.25) is 4.79 Å². The Labute approximate surface area is 116 Å². The Morgan fingerprint density at radius 2 is 1.80 bits per heavy atom. The number of hydrogen-bond acceptors (Lipinski definition) is 2. The van der Waals surface area contributed by atoms with Crippen LogP contribution in [0.1, 0.15) is 27.9 Å². The van der Waals surface area contributed by atoms with Crippen molar-refractivity contribution < 1.29 is 14.3 Å². The second-order valence-corrected chi connectivity index (χ2v) is 4.89. The zero-order valence-electron chi connectivity index (χ0n) is 10.8. The number of aryl methyl sites for hydroxylation is 1. The van der Waals surface area contributed by atoms with Crippen molar-refractivity contribution in [2.24, 2.45) is 0 Å². The summed E-state index contributed by atoms with van der Waals surface area (Å²) in [4.78, 5) is 12.4. The number of carbonyl (C=O) groups is 1. The van der Waals surface area contributed by atoms with Gasteiger partial charge in [0, 0.05) is 11.1 Å². The molecule has 0 radical (unpaired) electrons. The average Bonchev–Trinajstić information content (AvgIpc) is 2.44. The lowest BCUT2D eigenvalue weighted by molar-refractivity contribution is 0.102. The molecule has 0 saturated carbocycles. The third-order valence-electron chi connectivity index (χ3n) is 3.50. The number of halogens is 1. The average molecular weight is 268 g/mol. The van der Waals surface area contributed by atoms with E-state index in [1.165, 1.54) is 18.2 Å². The Bertz CT molecular complexity index is 699. The number of aromatic hydroxyl groups is 1. The molecule has 0 unspecified atom stereocenters. The number of phenols is 1. The zero-order valence-corrected chi connectivity index (χ0v) is 10.8. The highest BCUT2D eigenvalue weighted by Crippen LogP contribution is 2.29. The van der Waals surface area contributed by atoms with Gasteiger partial charge in [0.1, 0.15) is 11.6 Å². The van der Waals surface area contributed by atoms with Gasteiger partial charge in [0.25, 0.3) is 0 Å². The quantitative estimate of drug-likeness (QED) is 0.800. The molecule has 20 heavy (non-hydrogen) atoms. The van der Waals surface area contributed by atoms with Gasteiger partial charge in [0.05, 0.1) is 0 Å². The second-order valence-electron chi connectivity index (χ2n) is 4.89. The molecule has 0 saturated heterocycles. The van der Waals surface area contributed by atoms with Crippen LogP contribution < -0.4 is 0 Å². The van der Waals surface area contributed by atoms with Crippen LogP contribution in [0.5, 0.6) is 5.75 Å². The summed E-state index contributed by atoms with van der Waals surface area (Å²) in [6.45, 7) is 0. The first-order chi connectivity index (χ1) is 9.63. The largest absolute Gasteiger partial charge is 0.508 e. The predicted octanol–water partition coefficient (Wildman–Crippen LogP) is 3.74. The third kappa shape index (κ3) is 2.35. The molecule has 3 heteroatoms. The minimum Gasteiger partial charge on any atom is -0.508 e. The maximum absolute atomic E-state index is 12.9. The summed E-state index contributed by atoms with van der Waals surface area (Å²) in [7, 11) is 0. The number of benzene rings is 2. The highest BCUT2D eigenvalue weighted by Gasteiger charge is 2.21. The number of ketones is 1. The van der Waals surface area contributed by atoms with E-state index in [1.807, 2.05) is 0 Å². The van der Waals surface area contributed by atoms with Crippen molar-refractivity contribution in [3.05, 3.63) is 70.5 Å². The molecule has 1 aliphatic rings. The van der Waals surface area contributed by atoms with Crippen LogP contribution in [0.25, 0.3) is 6.08 Å².